The molecule has 2 unspecified atom stereocenters. The van der Waals surface area contributed by atoms with E-state index in [1.54, 1.807) is 0 Å². The van der Waals surface area contributed by atoms with Crippen molar-refractivity contribution in [2.45, 2.75) is 30.9 Å². The molecule has 1 aliphatic rings. The Hall–Kier alpha value is -0.810. The van der Waals surface area contributed by atoms with E-state index in [2.05, 4.69) is 58.2 Å². The minimum absolute atomic E-state index is 0.664. The van der Waals surface area contributed by atoms with Crippen LogP contribution in [-0.4, -0.2) is 40.8 Å². The molecule has 2 atom stereocenters. The van der Waals surface area contributed by atoms with Crippen molar-refractivity contribution in [3.63, 3.8) is 0 Å². The summed E-state index contributed by atoms with van der Waals surface area (Å²) < 4.78 is 0. The third-order valence-corrected chi connectivity index (χ3v) is 4.03. The Morgan fingerprint density at radius 1 is 1.29 bits per heavy atom. The fourth-order valence-corrected chi connectivity index (χ4v) is 3.49. The summed E-state index contributed by atoms with van der Waals surface area (Å²) in [7, 11) is 1.92. The van der Waals surface area contributed by atoms with Crippen LogP contribution in [0.15, 0.2) is 12.1 Å². The van der Waals surface area contributed by atoms with E-state index in [4.69, 9.17) is 0 Å². The molecule has 0 aromatic carbocycles. The predicted molar refractivity (Wildman–Crippen MR) is 73.5 cm³/mol. The van der Waals surface area contributed by atoms with Gasteiger partial charge in [0.25, 0.3) is 0 Å². The van der Waals surface area contributed by atoms with Gasteiger partial charge in [0.05, 0.1) is 5.69 Å². The maximum absolute atomic E-state index is 4.32. The van der Waals surface area contributed by atoms with E-state index < -0.39 is 0 Å². The second-order valence-electron chi connectivity index (χ2n) is 4.58. The van der Waals surface area contributed by atoms with Gasteiger partial charge in [0.2, 0.25) is 0 Å². The molecule has 4 nitrogen and oxygen atoms in total. The minimum Gasteiger partial charge on any atom is -0.353 e. The van der Waals surface area contributed by atoms with Gasteiger partial charge in [0, 0.05) is 30.1 Å². The zero-order valence-corrected chi connectivity index (χ0v) is 11.5. The molecular formula is C12H20N4S. The number of hydrogen-bond acceptors (Lipinski definition) is 5. The molecule has 0 bridgehead atoms. The first-order valence-electron chi connectivity index (χ1n) is 6.06. The van der Waals surface area contributed by atoms with Crippen LogP contribution in [-0.2, 0) is 6.54 Å². The number of nitrogens with one attached hydrogen (secondary N) is 1. The zero-order chi connectivity index (χ0) is 12.3. The molecule has 1 saturated heterocycles. The minimum atomic E-state index is 0.664. The lowest BCUT2D eigenvalue weighted by Crippen LogP contribution is -2.41. The summed E-state index contributed by atoms with van der Waals surface area (Å²) >= 11 is 2.05. The Balaban J connectivity index is 2.06. The fraction of sp³-hybridized carbons (Fsp3) is 0.667. The Bertz CT molecular complexity index is 344. The van der Waals surface area contributed by atoms with Crippen LogP contribution >= 0.6 is 11.8 Å². The highest BCUT2D eigenvalue weighted by atomic mass is 32.2. The van der Waals surface area contributed by atoms with Crippen LogP contribution in [0.5, 0.6) is 0 Å². The standard InChI is InChI=1S/C12H20N4S/c1-9-7-16(8-10(2)17-9)12-5-4-11(6-13-3)14-15-12/h4-5,9-10,13H,6-8H2,1-3H3. The second kappa shape index (κ2) is 5.69. The lowest BCUT2D eigenvalue weighted by atomic mass is 10.3. The molecule has 0 radical (unpaired) electrons. The first-order valence-corrected chi connectivity index (χ1v) is 7.01. The van der Waals surface area contributed by atoms with Gasteiger partial charge in [-0.15, -0.1) is 5.10 Å². The highest BCUT2D eigenvalue weighted by Gasteiger charge is 2.23. The zero-order valence-electron chi connectivity index (χ0n) is 10.7. The number of aromatic nitrogens is 2. The van der Waals surface area contributed by atoms with Gasteiger partial charge in [-0.2, -0.15) is 16.9 Å². The first-order chi connectivity index (χ1) is 8.19. The van der Waals surface area contributed by atoms with Crippen molar-refractivity contribution in [1.29, 1.82) is 0 Å². The van der Waals surface area contributed by atoms with Crippen molar-refractivity contribution in [2.75, 3.05) is 25.0 Å². The molecule has 0 amide bonds. The average Bonchev–Trinajstić information content (AvgIpc) is 2.29. The lowest BCUT2D eigenvalue weighted by molar-refractivity contribution is 0.702. The Morgan fingerprint density at radius 2 is 2.00 bits per heavy atom. The van der Waals surface area contributed by atoms with Gasteiger partial charge in [-0.1, -0.05) is 13.8 Å². The monoisotopic (exact) mass is 252 g/mol. The average molecular weight is 252 g/mol. The molecule has 0 saturated carbocycles. The van der Waals surface area contributed by atoms with Gasteiger partial charge >= 0.3 is 0 Å². The van der Waals surface area contributed by atoms with Gasteiger partial charge in [0.1, 0.15) is 0 Å². The normalized spacial score (nSPS) is 25.0. The SMILES string of the molecule is CNCc1ccc(N2CC(C)SC(C)C2)nn1. The van der Waals surface area contributed by atoms with Gasteiger partial charge < -0.3 is 10.2 Å². The number of hydrogen-bond donors (Lipinski definition) is 1. The molecule has 1 aromatic rings. The van der Waals surface area contributed by atoms with Crippen molar-refractivity contribution in [1.82, 2.24) is 15.5 Å². The number of anilines is 1. The summed E-state index contributed by atoms with van der Waals surface area (Å²) in [6.07, 6.45) is 0. The fourth-order valence-electron chi connectivity index (χ4n) is 2.16. The van der Waals surface area contributed by atoms with Crippen molar-refractivity contribution in [2.24, 2.45) is 0 Å². The third kappa shape index (κ3) is 3.33. The molecular weight excluding hydrogens is 232 g/mol. The van der Waals surface area contributed by atoms with E-state index in [0.29, 0.717) is 10.5 Å². The Kier molecular flexibility index (Phi) is 4.23. The van der Waals surface area contributed by atoms with E-state index in [1.165, 1.54) is 0 Å². The van der Waals surface area contributed by atoms with E-state index in [-0.39, 0.29) is 0 Å². The molecule has 94 valence electrons. The summed E-state index contributed by atoms with van der Waals surface area (Å²) in [5.41, 5.74) is 0.990. The van der Waals surface area contributed by atoms with Crippen LogP contribution in [0, 0.1) is 0 Å². The van der Waals surface area contributed by atoms with Crippen LogP contribution < -0.4 is 10.2 Å². The molecule has 1 aromatic heterocycles. The molecule has 2 rings (SSSR count). The van der Waals surface area contributed by atoms with Crippen molar-refractivity contribution in [3.05, 3.63) is 17.8 Å². The maximum Gasteiger partial charge on any atom is 0.151 e. The van der Waals surface area contributed by atoms with Crippen LogP contribution in [0.1, 0.15) is 19.5 Å². The van der Waals surface area contributed by atoms with E-state index in [1.807, 2.05) is 7.05 Å². The highest BCUT2D eigenvalue weighted by Crippen LogP contribution is 2.27. The smallest absolute Gasteiger partial charge is 0.151 e. The number of rotatable bonds is 3. The number of thioether (sulfide) groups is 1. The molecule has 1 N–H and O–H groups in total. The van der Waals surface area contributed by atoms with E-state index in [9.17, 15) is 0 Å². The maximum atomic E-state index is 4.32. The summed E-state index contributed by atoms with van der Waals surface area (Å²) in [5, 5.41) is 13.0. The summed E-state index contributed by atoms with van der Waals surface area (Å²) in [6.45, 7) is 7.45. The van der Waals surface area contributed by atoms with Gasteiger partial charge in [0.15, 0.2) is 5.82 Å². The van der Waals surface area contributed by atoms with E-state index >= 15 is 0 Å². The van der Waals surface area contributed by atoms with Gasteiger partial charge in [-0.25, -0.2) is 0 Å². The molecule has 1 fully saturated rings. The number of nitrogens with zero attached hydrogens (tertiary/aromatic N) is 3. The lowest BCUT2D eigenvalue weighted by Gasteiger charge is -2.35. The molecule has 17 heavy (non-hydrogen) atoms. The third-order valence-electron chi connectivity index (χ3n) is 2.81. The van der Waals surface area contributed by atoms with Crippen LogP contribution in [0.25, 0.3) is 0 Å². The largest absolute Gasteiger partial charge is 0.353 e. The molecule has 0 spiro atoms. The highest BCUT2D eigenvalue weighted by molar-refractivity contribution is 8.00. The summed E-state index contributed by atoms with van der Waals surface area (Å²) in [5.74, 6) is 1.00. The molecule has 0 aliphatic carbocycles. The predicted octanol–water partition coefficient (Wildman–Crippen LogP) is 1.53. The summed E-state index contributed by atoms with van der Waals surface area (Å²) in [6, 6.07) is 4.13. The van der Waals surface area contributed by atoms with Crippen molar-refractivity contribution >= 4 is 17.6 Å². The quantitative estimate of drug-likeness (QED) is 0.883. The molecule has 5 heteroatoms. The van der Waals surface area contributed by atoms with Crippen LogP contribution in [0.4, 0.5) is 5.82 Å². The van der Waals surface area contributed by atoms with Gasteiger partial charge in [-0.05, 0) is 19.2 Å². The van der Waals surface area contributed by atoms with Crippen molar-refractivity contribution in [3.8, 4) is 0 Å². The molecule has 2 heterocycles. The first kappa shape index (κ1) is 12.6. The van der Waals surface area contributed by atoms with Crippen LogP contribution in [0.3, 0.4) is 0 Å². The van der Waals surface area contributed by atoms with E-state index in [0.717, 1.165) is 31.1 Å². The molecule has 1 aliphatic heterocycles. The Morgan fingerprint density at radius 3 is 2.53 bits per heavy atom. The van der Waals surface area contributed by atoms with Gasteiger partial charge in [-0.3, -0.25) is 0 Å². The Labute approximate surface area is 107 Å². The summed E-state index contributed by atoms with van der Waals surface area (Å²) in [4.78, 5) is 2.34. The second-order valence-corrected chi connectivity index (χ2v) is 6.46. The topological polar surface area (TPSA) is 41.0 Å². The van der Waals surface area contributed by atoms with Crippen LogP contribution in [0.2, 0.25) is 0 Å². The van der Waals surface area contributed by atoms with Crippen molar-refractivity contribution < 1.29 is 0 Å².